The Labute approximate surface area is 75.9 Å². The minimum absolute atomic E-state index is 0.664. The van der Waals surface area contributed by atoms with Crippen LogP contribution in [0, 0.1) is 0 Å². The fourth-order valence-electron chi connectivity index (χ4n) is 0.742. The highest BCUT2D eigenvalue weighted by Crippen LogP contribution is 2.08. The Bertz CT molecular complexity index is 241. The second-order valence-corrected chi connectivity index (χ2v) is 3.41. The van der Waals surface area contributed by atoms with Gasteiger partial charge in [0.25, 0.3) is 0 Å². The van der Waals surface area contributed by atoms with Gasteiger partial charge in [-0.3, -0.25) is 0 Å². The molecule has 0 aliphatic carbocycles. The Morgan fingerprint density at radius 2 is 2.50 bits per heavy atom. The van der Waals surface area contributed by atoms with Crippen molar-refractivity contribution in [2.75, 3.05) is 11.2 Å². The molecule has 0 aliphatic heterocycles. The second kappa shape index (κ2) is 4.95. The molecule has 12 heavy (non-hydrogen) atoms. The van der Waals surface area contributed by atoms with Crippen LogP contribution in [0.5, 0.6) is 0 Å². The number of rotatable bonds is 4. The lowest BCUT2D eigenvalue weighted by molar-refractivity contribution is 1.03. The zero-order valence-corrected chi connectivity index (χ0v) is 7.77. The molecule has 0 unspecified atom stereocenters. The molecule has 0 aliphatic rings. The van der Waals surface area contributed by atoms with Crippen LogP contribution in [0.1, 0.15) is 12.7 Å². The van der Waals surface area contributed by atoms with E-state index < -0.39 is 0 Å². The van der Waals surface area contributed by atoms with Gasteiger partial charge in [-0.2, -0.15) is 11.8 Å². The molecule has 0 aromatic carbocycles. The number of nitrogen functional groups attached to an aromatic ring is 1. The second-order valence-electron chi connectivity index (χ2n) is 2.14. The van der Waals surface area contributed by atoms with Gasteiger partial charge >= 0.3 is 0 Å². The topological polar surface area (TPSA) is 63.8 Å². The van der Waals surface area contributed by atoms with Crippen molar-refractivity contribution in [1.82, 2.24) is 9.97 Å². The molecule has 0 saturated carbocycles. The number of nitrogens with two attached hydrogens (primary N) is 1. The molecule has 0 amide bonds. The standard InChI is InChI=1S/C7H12N4S/c1-2-12-5-7-9-4-3-6(10-7)11-8/h3-4H,2,5,8H2,1H3,(H,9,10,11). The maximum Gasteiger partial charge on any atom is 0.143 e. The van der Waals surface area contributed by atoms with Gasteiger partial charge in [-0.15, -0.1) is 0 Å². The van der Waals surface area contributed by atoms with E-state index in [1.807, 2.05) is 0 Å². The number of thioether (sulfide) groups is 1. The van der Waals surface area contributed by atoms with E-state index in [4.69, 9.17) is 5.84 Å². The van der Waals surface area contributed by atoms with E-state index in [-0.39, 0.29) is 0 Å². The van der Waals surface area contributed by atoms with Gasteiger partial charge in [0.15, 0.2) is 0 Å². The SMILES string of the molecule is CCSCc1nccc(NN)n1. The first kappa shape index (κ1) is 9.28. The summed E-state index contributed by atoms with van der Waals surface area (Å²) in [4.78, 5) is 8.26. The molecule has 0 spiro atoms. The molecule has 0 saturated heterocycles. The molecule has 3 N–H and O–H groups in total. The van der Waals surface area contributed by atoms with Crippen LogP contribution in [0.25, 0.3) is 0 Å². The third-order valence-corrected chi connectivity index (χ3v) is 2.16. The lowest BCUT2D eigenvalue weighted by atomic mass is 10.5. The summed E-state index contributed by atoms with van der Waals surface area (Å²) in [5.74, 6) is 8.59. The van der Waals surface area contributed by atoms with Crippen molar-refractivity contribution < 1.29 is 0 Å². The Hall–Kier alpha value is -0.810. The lowest BCUT2D eigenvalue weighted by Crippen LogP contribution is -2.09. The number of nitrogens with zero attached hydrogens (tertiary/aromatic N) is 2. The number of hydrogen-bond donors (Lipinski definition) is 2. The quantitative estimate of drug-likeness (QED) is 0.540. The molecule has 5 heteroatoms. The van der Waals surface area contributed by atoms with Crippen LogP contribution in [-0.4, -0.2) is 15.7 Å². The van der Waals surface area contributed by atoms with Crippen molar-refractivity contribution in [3.05, 3.63) is 18.1 Å². The maximum atomic E-state index is 5.20. The molecule has 0 atom stereocenters. The molecule has 0 fully saturated rings. The number of nitrogens with one attached hydrogen (secondary N) is 1. The average Bonchev–Trinajstić information content (AvgIpc) is 2.15. The minimum Gasteiger partial charge on any atom is -0.308 e. The summed E-state index contributed by atoms with van der Waals surface area (Å²) in [6.07, 6.45) is 1.70. The van der Waals surface area contributed by atoms with Crippen LogP contribution >= 0.6 is 11.8 Å². The first-order valence-electron chi connectivity index (χ1n) is 3.73. The van der Waals surface area contributed by atoms with Gasteiger partial charge in [0.05, 0.1) is 5.75 Å². The molecule has 1 heterocycles. The summed E-state index contributed by atoms with van der Waals surface area (Å²) in [7, 11) is 0. The van der Waals surface area contributed by atoms with Crippen molar-refractivity contribution in [3.8, 4) is 0 Å². The monoisotopic (exact) mass is 184 g/mol. The highest BCUT2D eigenvalue weighted by molar-refractivity contribution is 7.98. The zero-order chi connectivity index (χ0) is 8.81. The third-order valence-electron chi connectivity index (χ3n) is 1.29. The van der Waals surface area contributed by atoms with Crippen molar-refractivity contribution in [2.24, 2.45) is 5.84 Å². The van der Waals surface area contributed by atoms with Crippen LogP contribution in [0.2, 0.25) is 0 Å². The number of anilines is 1. The van der Waals surface area contributed by atoms with E-state index in [9.17, 15) is 0 Å². The lowest BCUT2D eigenvalue weighted by Gasteiger charge is -2.00. The summed E-state index contributed by atoms with van der Waals surface area (Å²) in [5, 5.41) is 0. The Kier molecular flexibility index (Phi) is 3.83. The molecule has 0 bridgehead atoms. The van der Waals surface area contributed by atoms with Gasteiger partial charge in [-0.05, 0) is 5.75 Å². The Balaban J connectivity index is 2.60. The van der Waals surface area contributed by atoms with Gasteiger partial charge in [0, 0.05) is 12.3 Å². The maximum absolute atomic E-state index is 5.20. The van der Waals surface area contributed by atoms with Crippen LogP contribution in [0.4, 0.5) is 5.82 Å². The molecule has 66 valence electrons. The Morgan fingerprint density at radius 3 is 3.17 bits per heavy atom. The molecule has 1 rings (SSSR count). The van der Waals surface area contributed by atoms with Crippen LogP contribution < -0.4 is 11.3 Å². The van der Waals surface area contributed by atoms with Crippen molar-refractivity contribution in [3.63, 3.8) is 0 Å². The smallest absolute Gasteiger partial charge is 0.143 e. The highest BCUT2D eigenvalue weighted by atomic mass is 32.2. The van der Waals surface area contributed by atoms with E-state index in [1.54, 1.807) is 24.0 Å². The van der Waals surface area contributed by atoms with E-state index in [0.717, 1.165) is 17.3 Å². The summed E-state index contributed by atoms with van der Waals surface area (Å²) in [6, 6.07) is 1.74. The number of aromatic nitrogens is 2. The molecule has 1 aromatic rings. The molecular weight excluding hydrogens is 172 g/mol. The zero-order valence-electron chi connectivity index (χ0n) is 6.95. The van der Waals surface area contributed by atoms with Crippen molar-refractivity contribution >= 4 is 17.6 Å². The van der Waals surface area contributed by atoms with Crippen molar-refractivity contribution in [1.29, 1.82) is 0 Å². The third kappa shape index (κ3) is 2.67. The molecule has 4 nitrogen and oxygen atoms in total. The fourth-order valence-corrected chi connectivity index (χ4v) is 1.27. The van der Waals surface area contributed by atoms with Gasteiger partial charge in [-0.25, -0.2) is 15.8 Å². The molecular formula is C7H12N4S. The van der Waals surface area contributed by atoms with Gasteiger partial charge in [0.2, 0.25) is 0 Å². The van der Waals surface area contributed by atoms with Crippen LogP contribution in [-0.2, 0) is 5.75 Å². The molecule has 1 aromatic heterocycles. The fraction of sp³-hybridized carbons (Fsp3) is 0.429. The van der Waals surface area contributed by atoms with E-state index in [1.165, 1.54) is 0 Å². The predicted octanol–water partition coefficient (Wildman–Crippen LogP) is 1.02. The largest absolute Gasteiger partial charge is 0.308 e. The van der Waals surface area contributed by atoms with Gasteiger partial charge in [-0.1, -0.05) is 6.92 Å². The van der Waals surface area contributed by atoms with E-state index in [2.05, 4.69) is 22.3 Å². The van der Waals surface area contributed by atoms with Gasteiger partial charge < -0.3 is 5.43 Å². The molecule has 0 radical (unpaired) electrons. The van der Waals surface area contributed by atoms with Crippen LogP contribution in [0.3, 0.4) is 0 Å². The minimum atomic E-state index is 0.664. The number of hydrogen-bond acceptors (Lipinski definition) is 5. The van der Waals surface area contributed by atoms with Gasteiger partial charge in [0.1, 0.15) is 11.6 Å². The predicted molar refractivity (Wildman–Crippen MR) is 51.7 cm³/mol. The van der Waals surface area contributed by atoms with Crippen molar-refractivity contribution in [2.45, 2.75) is 12.7 Å². The summed E-state index contributed by atoms with van der Waals surface area (Å²) >= 11 is 1.79. The summed E-state index contributed by atoms with van der Waals surface area (Å²) in [5.41, 5.74) is 2.48. The van der Waals surface area contributed by atoms with E-state index in [0.29, 0.717) is 5.82 Å². The highest BCUT2D eigenvalue weighted by Gasteiger charge is 1.96. The normalized spacial score (nSPS) is 9.83. The van der Waals surface area contributed by atoms with E-state index >= 15 is 0 Å². The first-order valence-corrected chi connectivity index (χ1v) is 4.88. The van der Waals surface area contributed by atoms with Crippen LogP contribution in [0.15, 0.2) is 12.3 Å². The summed E-state index contributed by atoms with van der Waals surface area (Å²) < 4.78 is 0. The average molecular weight is 184 g/mol. The Morgan fingerprint density at radius 1 is 1.67 bits per heavy atom. The first-order chi connectivity index (χ1) is 5.86. The summed E-state index contributed by atoms with van der Waals surface area (Å²) in [6.45, 7) is 2.11. The number of hydrazine groups is 1.